The van der Waals surface area contributed by atoms with E-state index in [1.807, 2.05) is 6.92 Å². The Bertz CT molecular complexity index is 282. The van der Waals surface area contributed by atoms with Gasteiger partial charge in [0.05, 0.1) is 6.42 Å². The number of unbranched alkanes of at least 4 members (excludes halogenated alkanes) is 3. The van der Waals surface area contributed by atoms with Gasteiger partial charge in [0, 0.05) is 0 Å². The maximum absolute atomic E-state index is 11.7. The number of allylic oxidation sites excluding steroid dienone is 1. The van der Waals surface area contributed by atoms with Crippen molar-refractivity contribution < 1.29 is 27.5 Å². The molecule has 0 bridgehead atoms. The fraction of sp³-hybridized carbons (Fsp3) is 0.636. The molecule has 0 radical (unpaired) electrons. The largest absolute Gasteiger partial charge is 0.491 e. The maximum Gasteiger partial charge on any atom is 0.491 e. The third kappa shape index (κ3) is 8.47. The summed E-state index contributed by atoms with van der Waals surface area (Å²) in [5.41, 5.74) is 0. The fourth-order valence-corrected chi connectivity index (χ4v) is 1.01. The number of alkyl halides is 3. The van der Waals surface area contributed by atoms with E-state index in [1.165, 1.54) is 6.08 Å². The van der Waals surface area contributed by atoms with Gasteiger partial charge in [-0.2, -0.15) is 13.2 Å². The van der Waals surface area contributed by atoms with Crippen molar-refractivity contribution in [1.82, 2.24) is 0 Å². The molecule has 0 rings (SSSR count). The van der Waals surface area contributed by atoms with Gasteiger partial charge in [-0.05, 0) is 12.8 Å². The number of hydrogen-bond donors (Lipinski definition) is 0. The van der Waals surface area contributed by atoms with Crippen LogP contribution in [0.3, 0.4) is 0 Å². The summed E-state index contributed by atoms with van der Waals surface area (Å²) in [5.74, 6) is -3.67. The van der Waals surface area contributed by atoms with Crippen LogP contribution in [0.25, 0.3) is 0 Å². The molecule has 0 aromatic rings. The van der Waals surface area contributed by atoms with Crippen LogP contribution in [0.2, 0.25) is 0 Å². The van der Waals surface area contributed by atoms with Crippen LogP contribution >= 0.6 is 0 Å². The van der Waals surface area contributed by atoms with Crippen molar-refractivity contribution in [3.05, 3.63) is 12.2 Å². The highest BCUT2D eigenvalue weighted by Gasteiger charge is 2.42. The Morgan fingerprint density at radius 2 is 1.82 bits per heavy atom. The average molecular weight is 252 g/mol. The van der Waals surface area contributed by atoms with E-state index < -0.39 is 18.1 Å². The van der Waals surface area contributed by atoms with Crippen molar-refractivity contribution in [1.29, 1.82) is 0 Å². The summed E-state index contributed by atoms with van der Waals surface area (Å²) in [6.07, 6.45) is 1.49. The zero-order valence-electron chi connectivity index (χ0n) is 9.55. The van der Waals surface area contributed by atoms with Crippen molar-refractivity contribution >= 4 is 11.9 Å². The van der Waals surface area contributed by atoms with Crippen LogP contribution in [-0.2, 0) is 14.3 Å². The molecular formula is C11H15F3O3. The minimum atomic E-state index is -5.12. The third-order valence-corrected chi connectivity index (χ3v) is 1.86. The van der Waals surface area contributed by atoms with Crippen LogP contribution in [0.5, 0.6) is 0 Å². The molecule has 0 amide bonds. The molecule has 0 saturated carbocycles. The molecule has 6 heteroatoms. The van der Waals surface area contributed by atoms with Crippen molar-refractivity contribution in [2.24, 2.45) is 0 Å². The van der Waals surface area contributed by atoms with Crippen LogP contribution in [-0.4, -0.2) is 18.1 Å². The summed E-state index contributed by atoms with van der Waals surface area (Å²) in [4.78, 5) is 21.1. The Balaban J connectivity index is 3.77. The lowest BCUT2D eigenvalue weighted by Crippen LogP contribution is -2.27. The molecule has 0 unspecified atom stereocenters. The van der Waals surface area contributed by atoms with Crippen LogP contribution in [0.4, 0.5) is 13.2 Å². The van der Waals surface area contributed by atoms with Crippen LogP contribution in [0, 0.1) is 0 Å². The van der Waals surface area contributed by atoms with Gasteiger partial charge >= 0.3 is 18.1 Å². The number of hydrogen-bond acceptors (Lipinski definition) is 3. The maximum atomic E-state index is 11.7. The lowest BCUT2D eigenvalue weighted by molar-refractivity contribution is -0.201. The van der Waals surface area contributed by atoms with Crippen molar-refractivity contribution in [2.75, 3.05) is 0 Å². The highest BCUT2D eigenvalue weighted by Crippen LogP contribution is 2.16. The lowest BCUT2D eigenvalue weighted by Gasteiger charge is -2.03. The molecule has 0 spiro atoms. The summed E-state index contributed by atoms with van der Waals surface area (Å²) >= 11 is 0. The van der Waals surface area contributed by atoms with E-state index in [2.05, 4.69) is 4.74 Å². The normalized spacial score (nSPS) is 11.8. The fourth-order valence-electron chi connectivity index (χ4n) is 1.01. The summed E-state index contributed by atoms with van der Waals surface area (Å²) in [6, 6.07) is 0. The number of carbonyl (C=O) groups excluding carboxylic acids is 2. The molecule has 0 saturated heterocycles. The molecule has 0 atom stereocenters. The second-order valence-electron chi connectivity index (χ2n) is 3.43. The molecule has 0 aliphatic rings. The summed E-state index contributed by atoms with van der Waals surface area (Å²) in [7, 11) is 0. The first-order valence-electron chi connectivity index (χ1n) is 5.34. The first-order chi connectivity index (χ1) is 7.88. The predicted octanol–water partition coefficient (Wildman–Crippen LogP) is 3.15. The highest BCUT2D eigenvalue weighted by atomic mass is 19.4. The van der Waals surface area contributed by atoms with Crippen molar-refractivity contribution in [2.45, 2.75) is 45.2 Å². The molecule has 0 fully saturated rings. The highest BCUT2D eigenvalue weighted by molar-refractivity contribution is 5.88. The molecule has 0 aromatic heterocycles. The van der Waals surface area contributed by atoms with Gasteiger partial charge in [0.2, 0.25) is 0 Å². The van der Waals surface area contributed by atoms with Crippen LogP contribution in [0.1, 0.15) is 39.0 Å². The number of carbonyl (C=O) groups is 2. The number of halogens is 3. The Morgan fingerprint density at radius 3 is 2.35 bits per heavy atom. The average Bonchev–Trinajstić information content (AvgIpc) is 2.21. The topological polar surface area (TPSA) is 43.4 Å². The molecular weight excluding hydrogens is 237 g/mol. The minimum absolute atomic E-state index is 0.325. The van der Waals surface area contributed by atoms with E-state index >= 15 is 0 Å². The first-order valence-corrected chi connectivity index (χ1v) is 5.34. The van der Waals surface area contributed by atoms with E-state index in [0.29, 0.717) is 0 Å². The van der Waals surface area contributed by atoms with E-state index in [0.717, 1.165) is 25.7 Å². The van der Waals surface area contributed by atoms with Gasteiger partial charge in [0.15, 0.2) is 0 Å². The van der Waals surface area contributed by atoms with E-state index in [9.17, 15) is 22.8 Å². The van der Waals surface area contributed by atoms with E-state index in [4.69, 9.17) is 0 Å². The van der Waals surface area contributed by atoms with Gasteiger partial charge in [0.25, 0.3) is 0 Å². The second-order valence-corrected chi connectivity index (χ2v) is 3.43. The number of esters is 2. The Morgan fingerprint density at radius 1 is 1.18 bits per heavy atom. The second kappa shape index (κ2) is 7.86. The predicted molar refractivity (Wildman–Crippen MR) is 55.1 cm³/mol. The van der Waals surface area contributed by atoms with Crippen molar-refractivity contribution in [3.8, 4) is 0 Å². The van der Waals surface area contributed by atoms with Gasteiger partial charge in [-0.1, -0.05) is 31.9 Å². The number of rotatable bonds is 6. The molecule has 0 heterocycles. The molecule has 0 aliphatic carbocycles. The van der Waals surface area contributed by atoms with Gasteiger partial charge in [0.1, 0.15) is 0 Å². The van der Waals surface area contributed by atoms with E-state index in [-0.39, 0.29) is 6.42 Å². The third-order valence-electron chi connectivity index (χ3n) is 1.86. The van der Waals surface area contributed by atoms with Gasteiger partial charge in [-0.3, -0.25) is 4.79 Å². The van der Waals surface area contributed by atoms with Crippen LogP contribution < -0.4 is 0 Å². The quantitative estimate of drug-likeness (QED) is 0.315. The minimum Gasteiger partial charge on any atom is -0.386 e. The SMILES string of the molecule is CCCCCC=CCC(=O)OC(=O)C(F)(F)F. The van der Waals surface area contributed by atoms with E-state index in [1.54, 1.807) is 6.08 Å². The monoisotopic (exact) mass is 252 g/mol. The molecule has 0 N–H and O–H groups in total. The lowest BCUT2D eigenvalue weighted by atomic mass is 10.2. The smallest absolute Gasteiger partial charge is 0.386 e. The standard InChI is InChI=1S/C11H15F3O3/c1-2-3-4-5-6-7-8-9(15)17-10(16)11(12,13)14/h6-7H,2-5,8H2,1H3. The Hall–Kier alpha value is -1.33. The molecule has 0 aromatic carbocycles. The summed E-state index contributed by atoms with van der Waals surface area (Å²) in [5, 5.41) is 0. The number of ether oxygens (including phenoxy) is 1. The van der Waals surface area contributed by atoms with Crippen LogP contribution in [0.15, 0.2) is 12.2 Å². The molecule has 3 nitrogen and oxygen atoms in total. The zero-order chi connectivity index (χ0) is 13.3. The van der Waals surface area contributed by atoms with Crippen molar-refractivity contribution in [3.63, 3.8) is 0 Å². The summed E-state index contributed by atoms with van der Waals surface area (Å²) < 4.78 is 38.7. The van der Waals surface area contributed by atoms with Gasteiger partial charge < -0.3 is 4.74 Å². The Kier molecular flexibility index (Phi) is 7.25. The molecule has 0 aliphatic heterocycles. The first kappa shape index (κ1) is 15.7. The molecule has 17 heavy (non-hydrogen) atoms. The Labute approximate surface area is 97.6 Å². The molecule has 98 valence electrons. The van der Waals surface area contributed by atoms with Gasteiger partial charge in [-0.25, -0.2) is 4.79 Å². The zero-order valence-corrected chi connectivity index (χ0v) is 9.55. The summed E-state index contributed by atoms with van der Waals surface area (Å²) in [6.45, 7) is 2.05. The van der Waals surface area contributed by atoms with Gasteiger partial charge in [-0.15, -0.1) is 0 Å².